The molecular formula is C14H20ClN4O4-. The van der Waals surface area contributed by atoms with Gasteiger partial charge in [-0.25, -0.2) is 14.8 Å². The largest absolute Gasteiger partial charge is 0.594 e. The number of nitrogens with one attached hydrogen (secondary N) is 1. The van der Waals surface area contributed by atoms with Gasteiger partial charge in [0.05, 0.1) is 6.20 Å². The number of rotatable bonds is 2. The predicted octanol–water partition coefficient (Wildman–Crippen LogP) is 2.64. The molecule has 0 aliphatic heterocycles. The molecule has 0 aliphatic rings. The number of anilines is 1. The van der Waals surface area contributed by atoms with Crippen molar-refractivity contribution in [3.05, 3.63) is 11.5 Å². The molecule has 23 heavy (non-hydrogen) atoms. The lowest BCUT2D eigenvalue weighted by Crippen LogP contribution is -2.31. The van der Waals surface area contributed by atoms with Crippen molar-refractivity contribution >= 4 is 35.3 Å². The second-order valence-electron chi connectivity index (χ2n) is 6.60. The van der Waals surface area contributed by atoms with E-state index >= 15 is 0 Å². The molecule has 1 rings (SSSR count). The highest BCUT2D eigenvalue weighted by Gasteiger charge is 2.18. The minimum absolute atomic E-state index is 0.0782. The molecule has 128 valence electrons. The first-order chi connectivity index (χ1) is 10.4. The molecular weight excluding hydrogens is 324 g/mol. The van der Waals surface area contributed by atoms with Gasteiger partial charge in [0.2, 0.25) is 5.28 Å². The number of aliphatic imine (C=N–C) groups is 1. The van der Waals surface area contributed by atoms with E-state index in [4.69, 9.17) is 21.1 Å². The summed E-state index contributed by atoms with van der Waals surface area (Å²) < 4.78 is 10.2. The smallest absolute Gasteiger partial charge is 0.412 e. The molecule has 1 aromatic heterocycles. The third kappa shape index (κ3) is 7.64. The van der Waals surface area contributed by atoms with E-state index in [9.17, 15) is 9.90 Å². The Kier molecular flexibility index (Phi) is 5.76. The van der Waals surface area contributed by atoms with Crippen LogP contribution >= 0.6 is 11.6 Å². The zero-order chi connectivity index (χ0) is 17.8. The third-order valence-corrected chi connectivity index (χ3v) is 2.15. The molecule has 0 saturated heterocycles. The molecule has 0 atom stereocenters. The van der Waals surface area contributed by atoms with Crippen molar-refractivity contribution in [2.24, 2.45) is 4.99 Å². The van der Waals surface area contributed by atoms with Gasteiger partial charge in [-0.05, 0) is 32.4 Å². The predicted molar refractivity (Wildman–Crippen MR) is 84.8 cm³/mol. The van der Waals surface area contributed by atoms with Crippen molar-refractivity contribution in [2.45, 2.75) is 52.7 Å². The van der Waals surface area contributed by atoms with Gasteiger partial charge in [-0.3, -0.25) is 5.32 Å². The van der Waals surface area contributed by atoms with Crippen LogP contribution in [0, 0.1) is 0 Å². The average molecular weight is 344 g/mol. The van der Waals surface area contributed by atoms with Gasteiger partial charge in [0.15, 0.2) is 11.9 Å². The number of nitrogens with zero attached hydrogens (tertiary/aromatic N) is 3. The maximum atomic E-state index is 11.8. The Labute approximate surface area is 139 Å². The van der Waals surface area contributed by atoms with E-state index in [0.29, 0.717) is 0 Å². The summed E-state index contributed by atoms with van der Waals surface area (Å²) in [5, 5.41) is 14.1. The van der Waals surface area contributed by atoms with Crippen LogP contribution < -0.4 is 10.4 Å². The molecule has 0 bridgehead atoms. The fourth-order valence-corrected chi connectivity index (χ4v) is 1.44. The number of hydrogen-bond acceptors (Lipinski definition) is 7. The van der Waals surface area contributed by atoms with E-state index in [1.54, 1.807) is 41.5 Å². The number of carbonyl (C=O) groups excluding carboxylic acids is 1. The normalized spacial score (nSPS) is 12.7. The third-order valence-electron chi connectivity index (χ3n) is 1.97. The fraction of sp³-hybridized carbons (Fsp3) is 0.571. The van der Waals surface area contributed by atoms with E-state index in [-0.39, 0.29) is 16.8 Å². The van der Waals surface area contributed by atoms with Crippen molar-refractivity contribution in [2.75, 3.05) is 5.32 Å². The standard InChI is InChI=1S/C14H21ClN4O4/c1-13(2,3)22-11(20)17-8-7-16-10(15)18-9(8)19-12(21)23-14(4,5)6/h7H,1-6H3,(H,17,20)(H,16,18,19,21)/p-1. The van der Waals surface area contributed by atoms with Crippen LogP contribution in [-0.4, -0.2) is 33.3 Å². The van der Waals surface area contributed by atoms with E-state index in [2.05, 4.69) is 20.3 Å². The maximum absolute atomic E-state index is 11.8. The molecule has 1 heterocycles. The van der Waals surface area contributed by atoms with Crippen LogP contribution in [-0.2, 0) is 9.47 Å². The van der Waals surface area contributed by atoms with Crippen LogP contribution in [0.15, 0.2) is 11.2 Å². The minimum atomic E-state index is -0.862. The van der Waals surface area contributed by atoms with Crippen molar-refractivity contribution < 1.29 is 19.4 Å². The van der Waals surface area contributed by atoms with Gasteiger partial charge >= 0.3 is 6.09 Å². The quantitative estimate of drug-likeness (QED) is 0.502. The Balaban J connectivity index is 3.02. The number of ether oxygens (including phenoxy) is 2. The maximum Gasteiger partial charge on any atom is 0.412 e. The molecule has 0 aliphatic carbocycles. The van der Waals surface area contributed by atoms with Crippen molar-refractivity contribution in [1.82, 2.24) is 9.97 Å². The number of halogens is 1. The molecule has 0 aromatic carbocycles. The fourth-order valence-electron chi connectivity index (χ4n) is 1.31. The van der Waals surface area contributed by atoms with E-state index in [1.807, 2.05) is 0 Å². The molecule has 0 unspecified atom stereocenters. The van der Waals surface area contributed by atoms with Crippen LogP contribution in [0.3, 0.4) is 0 Å². The van der Waals surface area contributed by atoms with Gasteiger partial charge in [0.25, 0.3) is 0 Å². The number of amides is 1. The topological polar surface area (TPSA) is 109 Å². The minimum Gasteiger partial charge on any atom is -0.594 e. The van der Waals surface area contributed by atoms with Gasteiger partial charge in [-0.2, -0.15) is 4.98 Å². The molecule has 1 amide bonds. The van der Waals surface area contributed by atoms with E-state index in [1.165, 1.54) is 6.20 Å². The first-order valence-corrected chi connectivity index (χ1v) is 7.21. The van der Waals surface area contributed by atoms with Crippen LogP contribution in [0.2, 0.25) is 5.28 Å². The Morgan fingerprint density at radius 2 is 1.78 bits per heavy atom. The monoisotopic (exact) mass is 343 g/mol. The molecule has 1 N–H and O–H groups in total. The summed E-state index contributed by atoms with van der Waals surface area (Å²) in [6.45, 7) is 10.3. The first kappa shape index (κ1) is 19.0. The summed E-state index contributed by atoms with van der Waals surface area (Å²) in [5.41, 5.74) is -1.31. The van der Waals surface area contributed by atoms with Gasteiger partial charge in [-0.1, -0.05) is 20.8 Å². The van der Waals surface area contributed by atoms with E-state index in [0.717, 1.165) is 0 Å². The van der Waals surface area contributed by atoms with Gasteiger partial charge < -0.3 is 14.6 Å². The van der Waals surface area contributed by atoms with Crippen molar-refractivity contribution in [3.63, 3.8) is 0 Å². The SMILES string of the molecule is CC(C)(C)OC(=O)Nc1cnc(Cl)nc1N=C([O-])OC(C)(C)C. The summed E-state index contributed by atoms with van der Waals surface area (Å²) >= 11 is 5.70. The molecule has 8 nitrogen and oxygen atoms in total. The Hall–Kier alpha value is -2.09. The van der Waals surface area contributed by atoms with Crippen molar-refractivity contribution in [3.8, 4) is 0 Å². The van der Waals surface area contributed by atoms with Gasteiger partial charge in [0, 0.05) is 5.60 Å². The molecule has 1 aromatic rings. The summed E-state index contributed by atoms with van der Waals surface area (Å²) in [5.74, 6) is -0.120. The Morgan fingerprint density at radius 1 is 1.22 bits per heavy atom. The molecule has 0 spiro atoms. The molecule has 0 saturated carbocycles. The zero-order valence-electron chi connectivity index (χ0n) is 13.9. The highest BCUT2D eigenvalue weighted by atomic mass is 35.5. The molecule has 9 heteroatoms. The number of carbonyl (C=O) groups is 1. The Morgan fingerprint density at radius 3 is 2.30 bits per heavy atom. The Bertz CT molecular complexity index is 606. The highest BCUT2D eigenvalue weighted by Crippen LogP contribution is 2.24. The van der Waals surface area contributed by atoms with Crippen molar-refractivity contribution in [1.29, 1.82) is 0 Å². The lowest BCUT2D eigenvalue weighted by Gasteiger charge is -2.29. The number of hydrogen-bond donors (Lipinski definition) is 1. The summed E-state index contributed by atoms with van der Waals surface area (Å²) in [4.78, 5) is 23.0. The second-order valence-corrected chi connectivity index (χ2v) is 6.93. The van der Waals surface area contributed by atoms with E-state index < -0.39 is 23.4 Å². The lowest BCUT2D eigenvalue weighted by atomic mass is 10.2. The van der Waals surface area contributed by atoms with Crippen LogP contribution in [0.5, 0.6) is 0 Å². The molecule has 0 fully saturated rings. The van der Waals surface area contributed by atoms with Gasteiger partial charge in [-0.15, -0.1) is 0 Å². The highest BCUT2D eigenvalue weighted by molar-refractivity contribution is 6.28. The second kappa shape index (κ2) is 6.99. The van der Waals surface area contributed by atoms with Gasteiger partial charge in [0.1, 0.15) is 11.3 Å². The molecule has 0 radical (unpaired) electrons. The van der Waals surface area contributed by atoms with Crippen LogP contribution in [0.1, 0.15) is 41.5 Å². The average Bonchev–Trinajstić information content (AvgIpc) is 2.27. The first-order valence-electron chi connectivity index (χ1n) is 6.83. The summed E-state index contributed by atoms with van der Waals surface area (Å²) in [6, 6.07) is 0. The van der Waals surface area contributed by atoms with Crippen LogP contribution in [0.4, 0.5) is 16.3 Å². The summed E-state index contributed by atoms with van der Waals surface area (Å²) in [7, 11) is 0. The lowest BCUT2D eigenvalue weighted by molar-refractivity contribution is -0.259. The zero-order valence-corrected chi connectivity index (χ0v) is 14.7. The summed E-state index contributed by atoms with van der Waals surface area (Å²) in [6.07, 6.45) is -0.369. The van der Waals surface area contributed by atoms with Crippen LogP contribution in [0.25, 0.3) is 0 Å². The number of aromatic nitrogens is 2.